The molecule has 1 aromatic rings. The van der Waals surface area contributed by atoms with E-state index < -0.39 is 10.0 Å². The van der Waals surface area contributed by atoms with E-state index in [1.54, 1.807) is 0 Å². The third-order valence-electron chi connectivity index (χ3n) is 2.78. The molecule has 2 N–H and O–H groups in total. The molecule has 0 bridgehead atoms. The third-order valence-corrected chi connectivity index (χ3v) is 3.71. The Morgan fingerprint density at radius 3 is 2.39 bits per heavy atom. The number of benzene rings is 1. The van der Waals surface area contributed by atoms with Gasteiger partial charge in [0.05, 0.1) is 16.9 Å². The summed E-state index contributed by atoms with van der Waals surface area (Å²) in [5, 5.41) is 13.8. The molecule has 1 atom stereocenters. The minimum atomic E-state index is -3.73. The van der Waals surface area contributed by atoms with Crippen LogP contribution in [0.3, 0.4) is 0 Å². The van der Waals surface area contributed by atoms with Gasteiger partial charge in [0.15, 0.2) is 0 Å². The molecule has 1 aliphatic rings. The van der Waals surface area contributed by atoms with E-state index in [9.17, 15) is 13.2 Å². The summed E-state index contributed by atoms with van der Waals surface area (Å²) in [7, 11) is -3.73. The van der Waals surface area contributed by atoms with Crippen LogP contribution in [-0.2, 0) is 14.8 Å². The van der Waals surface area contributed by atoms with E-state index in [4.69, 9.17) is 10.4 Å². The van der Waals surface area contributed by atoms with Crippen molar-refractivity contribution in [3.05, 3.63) is 24.3 Å². The standard InChI is InChI=1S/C11H11N3O3S/c12-6-8-5-11(15)14(7-8)9-1-3-10(4-2-9)18(13,16)17/h1-4,8H,5,7H2,(H2,13,16,17). The number of hydrogen-bond donors (Lipinski definition) is 1. The van der Waals surface area contributed by atoms with E-state index in [1.165, 1.54) is 29.2 Å². The zero-order valence-electron chi connectivity index (χ0n) is 9.41. The maximum Gasteiger partial charge on any atom is 0.238 e. The van der Waals surface area contributed by atoms with Crippen LogP contribution >= 0.6 is 0 Å². The second-order valence-corrected chi connectivity index (χ2v) is 5.63. The van der Waals surface area contributed by atoms with Crippen LogP contribution in [0.5, 0.6) is 0 Å². The lowest BCUT2D eigenvalue weighted by atomic mass is 10.1. The third kappa shape index (κ3) is 2.34. The molecule has 0 spiro atoms. The summed E-state index contributed by atoms with van der Waals surface area (Å²) in [6.45, 7) is 0.337. The average Bonchev–Trinajstić information content (AvgIpc) is 2.70. The van der Waals surface area contributed by atoms with E-state index in [-0.39, 0.29) is 23.1 Å². The fraction of sp³-hybridized carbons (Fsp3) is 0.273. The van der Waals surface area contributed by atoms with Crippen molar-refractivity contribution in [1.82, 2.24) is 0 Å². The van der Waals surface area contributed by atoms with Crippen molar-refractivity contribution in [2.24, 2.45) is 11.1 Å². The van der Waals surface area contributed by atoms with Crippen LogP contribution in [0.2, 0.25) is 0 Å². The van der Waals surface area contributed by atoms with Crippen molar-refractivity contribution in [2.45, 2.75) is 11.3 Å². The Hall–Kier alpha value is -1.91. The number of rotatable bonds is 2. The summed E-state index contributed by atoms with van der Waals surface area (Å²) in [6, 6.07) is 7.76. The van der Waals surface area contributed by atoms with E-state index >= 15 is 0 Å². The van der Waals surface area contributed by atoms with Crippen molar-refractivity contribution < 1.29 is 13.2 Å². The van der Waals surface area contributed by atoms with Crippen LogP contribution in [-0.4, -0.2) is 20.9 Å². The highest BCUT2D eigenvalue weighted by Gasteiger charge is 2.30. The lowest BCUT2D eigenvalue weighted by Gasteiger charge is -2.15. The molecule has 0 saturated carbocycles. The fourth-order valence-electron chi connectivity index (χ4n) is 1.86. The smallest absolute Gasteiger partial charge is 0.238 e. The molecule has 1 heterocycles. The molecular weight excluding hydrogens is 254 g/mol. The maximum absolute atomic E-state index is 11.7. The molecule has 1 unspecified atom stereocenters. The zero-order valence-corrected chi connectivity index (χ0v) is 10.2. The monoisotopic (exact) mass is 265 g/mol. The van der Waals surface area contributed by atoms with Crippen LogP contribution in [0.15, 0.2) is 29.2 Å². The Bertz CT molecular complexity index is 616. The van der Waals surface area contributed by atoms with Crippen molar-refractivity contribution >= 4 is 21.6 Å². The lowest BCUT2D eigenvalue weighted by Crippen LogP contribution is -2.24. The van der Waals surface area contributed by atoms with Crippen LogP contribution < -0.4 is 10.0 Å². The highest BCUT2D eigenvalue weighted by molar-refractivity contribution is 7.89. The molecule has 1 saturated heterocycles. The number of anilines is 1. The largest absolute Gasteiger partial charge is 0.311 e. The quantitative estimate of drug-likeness (QED) is 0.825. The van der Waals surface area contributed by atoms with Crippen LogP contribution in [0.25, 0.3) is 0 Å². The highest BCUT2D eigenvalue weighted by atomic mass is 32.2. The molecule has 1 fully saturated rings. The molecule has 0 radical (unpaired) electrons. The van der Waals surface area contributed by atoms with Gasteiger partial charge in [-0.3, -0.25) is 4.79 Å². The number of amides is 1. The summed E-state index contributed by atoms with van der Waals surface area (Å²) in [4.78, 5) is 13.1. The van der Waals surface area contributed by atoms with Gasteiger partial charge in [-0.25, -0.2) is 13.6 Å². The number of carbonyl (C=O) groups excluding carboxylic acids is 1. The van der Waals surface area contributed by atoms with Gasteiger partial charge in [-0.15, -0.1) is 0 Å². The molecule has 2 rings (SSSR count). The first-order valence-electron chi connectivity index (χ1n) is 5.24. The van der Waals surface area contributed by atoms with Crippen molar-refractivity contribution in [1.29, 1.82) is 5.26 Å². The molecule has 1 aliphatic heterocycles. The average molecular weight is 265 g/mol. The Kier molecular flexibility index (Phi) is 3.07. The molecule has 0 aromatic heterocycles. The topological polar surface area (TPSA) is 104 Å². The SMILES string of the molecule is N#CC1CC(=O)N(c2ccc(S(N)(=O)=O)cc2)C1. The maximum atomic E-state index is 11.7. The predicted molar refractivity (Wildman–Crippen MR) is 63.9 cm³/mol. The zero-order chi connectivity index (χ0) is 13.3. The molecule has 1 amide bonds. The van der Waals surface area contributed by atoms with Gasteiger partial charge in [0.1, 0.15) is 0 Å². The van der Waals surface area contributed by atoms with E-state index in [0.29, 0.717) is 12.2 Å². The van der Waals surface area contributed by atoms with E-state index in [0.717, 1.165) is 0 Å². The number of sulfonamides is 1. The Balaban J connectivity index is 2.26. The first-order valence-corrected chi connectivity index (χ1v) is 6.79. The predicted octanol–water partition coefficient (Wildman–Crippen LogP) is 0.210. The van der Waals surface area contributed by atoms with Crippen LogP contribution in [0, 0.1) is 17.2 Å². The van der Waals surface area contributed by atoms with Crippen molar-refractivity contribution in [2.75, 3.05) is 11.4 Å². The number of hydrogen-bond acceptors (Lipinski definition) is 4. The van der Waals surface area contributed by atoms with Crippen molar-refractivity contribution in [3.63, 3.8) is 0 Å². The fourth-order valence-corrected chi connectivity index (χ4v) is 2.37. The molecule has 0 aliphatic carbocycles. The van der Waals surface area contributed by atoms with Crippen molar-refractivity contribution in [3.8, 4) is 6.07 Å². The number of carbonyl (C=O) groups is 1. The van der Waals surface area contributed by atoms with Gasteiger partial charge in [0, 0.05) is 18.7 Å². The molecule has 6 nitrogen and oxygen atoms in total. The Morgan fingerprint density at radius 2 is 1.94 bits per heavy atom. The summed E-state index contributed by atoms with van der Waals surface area (Å²) < 4.78 is 22.2. The van der Waals surface area contributed by atoms with Gasteiger partial charge >= 0.3 is 0 Å². The van der Waals surface area contributed by atoms with Gasteiger partial charge in [0.2, 0.25) is 15.9 Å². The number of nitrogens with two attached hydrogens (primary N) is 1. The first kappa shape index (κ1) is 12.5. The Labute approximate surface area is 105 Å². The number of primary sulfonamides is 1. The molecule has 18 heavy (non-hydrogen) atoms. The highest BCUT2D eigenvalue weighted by Crippen LogP contribution is 2.25. The minimum Gasteiger partial charge on any atom is -0.311 e. The summed E-state index contributed by atoms with van der Waals surface area (Å²) >= 11 is 0. The lowest BCUT2D eigenvalue weighted by molar-refractivity contribution is -0.117. The summed E-state index contributed by atoms with van der Waals surface area (Å²) in [5.74, 6) is -0.444. The van der Waals surface area contributed by atoms with E-state index in [2.05, 4.69) is 6.07 Å². The first-order chi connectivity index (χ1) is 8.41. The molecule has 1 aromatic carbocycles. The second kappa shape index (κ2) is 4.40. The number of nitrogens with zero attached hydrogens (tertiary/aromatic N) is 2. The molecule has 7 heteroatoms. The molecular formula is C11H11N3O3S. The van der Waals surface area contributed by atoms with Gasteiger partial charge in [-0.2, -0.15) is 5.26 Å². The second-order valence-electron chi connectivity index (χ2n) is 4.07. The van der Waals surface area contributed by atoms with Gasteiger partial charge in [0.25, 0.3) is 0 Å². The van der Waals surface area contributed by atoms with Crippen LogP contribution in [0.4, 0.5) is 5.69 Å². The summed E-state index contributed by atoms with van der Waals surface area (Å²) in [6.07, 6.45) is 0.202. The normalized spacial score (nSPS) is 19.9. The Morgan fingerprint density at radius 1 is 1.33 bits per heavy atom. The van der Waals surface area contributed by atoms with Gasteiger partial charge in [-0.05, 0) is 24.3 Å². The summed E-state index contributed by atoms with van der Waals surface area (Å²) in [5.41, 5.74) is 0.574. The minimum absolute atomic E-state index is 0.00488. The van der Waals surface area contributed by atoms with Crippen LogP contribution in [0.1, 0.15) is 6.42 Å². The van der Waals surface area contributed by atoms with Gasteiger partial charge < -0.3 is 4.90 Å². The molecule has 94 valence electrons. The van der Waals surface area contributed by atoms with E-state index in [1.807, 2.05) is 0 Å². The van der Waals surface area contributed by atoms with Gasteiger partial charge in [-0.1, -0.05) is 0 Å². The number of nitriles is 1.